The number of benzene rings is 1. The van der Waals surface area contributed by atoms with Crippen molar-refractivity contribution in [1.29, 1.82) is 0 Å². The van der Waals surface area contributed by atoms with E-state index in [-0.39, 0.29) is 24.5 Å². The molecular weight excluding hydrogens is 472 g/mol. The minimum atomic E-state index is -0.334. The number of carbonyl (C=O) groups excluding carboxylic acids is 2. The average molecular weight is 505 g/mol. The number of amides is 1. The van der Waals surface area contributed by atoms with Crippen molar-refractivity contribution in [3.8, 4) is 0 Å². The Morgan fingerprint density at radius 2 is 2.00 bits per heavy atom. The molecule has 5 rings (SSSR count). The highest BCUT2D eigenvalue weighted by molar-refractivity contribution is 5.88. The van der Waals surface area contributed by atoms with Crippen LogP contribution in [0.15, 0.2) is 55.0 Å². The van der Waals surface area contributed by atoms with E-state index in [0.717, 1.165) is 55.1 Å². The van der Waals surface area contributed by atoms with Crippen LogP contribution in [0.3, 0.4) is 0 Å². The molecule has 1 aromatic carbocycles. The second kappa shape index (κ2) is 11.5. The number of hydrogen-bond acceptors (Lipinski definition) is 8. The molecular formula is C27H32N6O4. The van der Waals surface area contributed by atoms with Gasteiger partial charge in [0.05, 0.1) is 19.3 Å². The van der Waals surface area contributed by atoms with Gasteiger partial charge in [-0.1, -0.05) is 36.4 Å². The van der Waals surface area contributed by atoms with Gasteiger partial charge in [0.25, 0.3) is 0 Å². The number of esters is 1. The highest BCUT2D eigenvalue weighted by Crippen LogP contribution is 2.30. The van der Waals surface area contributed by atoms with Gasteiger partial charge in [-0.05, 0) is 23.1 Å². The molecule has 0 spiro atoms. The molecule has 1 N–H and O–H groups in total. The highest BCUT2D eigenvalue weighted by atomic mass is 16.5. The zero-order chi connectivity index (χ0) is 25.6. The minimum absolute atomic E-state index is 0.0177. The second-order valence-electron chi connectivity index (χ2n) is 9.27. The van der Waals surface area contributed by atoms with Gasteiger partial charge in [-0.2, -0.15) is 5.10 Å². The van der Waals surface area contributed by atoms with Crippen LogP contribution in [-0.2, 0) is 32.0 Å². The predicted octanol–water partition coefficient (Wildman–Crippen LogP) is 2.22. The summed E-state index contributed by atoms with van der Waals surface area (Å²) in [5, 5.41) is 7.89. The van der Waals surface area contributed by atoms with Gasteiger partial charge in [0, 0.05) is 51.9 Å². The Morgan fingerprint density at radius 3 is 2.78 bits per heavy atom. The summed E-state index contributed by atoms with van der Waals surface area (Å²) in [6, 6.07) is 9.56. The first-order valence-electron chi connectivity index (χ1n) is 12.6. The summed E-state index contributed by atoms with van der Waals surface area (Å²) in [6.45, 7) is 6.76. The van der Waals surface area contributed by atoms with Gasteiger partial charge >= 0.3 is 5.97 Å². The number of fused-ring (bicyclic) bond motifs is 3. The van der Waals surface area contributed by atoms with Crippen LogP contribution in [0, 0.1) is 0 Å². The topological polar surface area (TPSA) is 101 Å². The molecule has 2 aliphatic heterocycles. The van der Waals surface area contributed by atoms with E-state index in [2.05, 4.69) is 20.3 Å². The van der Waals surface area contributed by atoms with E-state index < -0.39 is 0 Å². The van der Waals surface area contributed by atoms with Gasteiger partial charge in [0.15, 0.2) is 5.82 Å². The average Bonchev–Trinajstić information content (AvgIpc) is 3.30. The van der Waals surface area contributed by atoms with E-state index in [4.69, 9.17) is 9.47 Å². The van der Waals surface area contributed by atoms with Crippen molar-refractivity contribution < 1.29 is 19.1 Å². The van der Waals surface area contributed by atoms with Crippen molar-refractivity contribution in [2.45, 2.75) is 25.9 Å². The molecule has 2 aliphatic rings. The van der Waals surface area contributed by atoms with Crippen LogP contribution in [0.5, 0.6) is 0 Å². The molecule has 37 heavy (non-hydrogen) atoms. The van der Waals surface area contributed by atoms with Gasteiger partial charge < -0.3 is 19.7 Å². The van der Waals surface area contributed by atoms with Crippen molar-refractivity contribution >= 4 is 23.2 Å². The number of carbonyl (C=O) groups is 2. The maximum Gasteiger partial charge on any atom is 0.302 e. The first kappa shape index (κ1) is 24.9. The summed E-state index contributed by atoms with van der Waals surface area (Å²) in [5.41, 5.74) is 4.06. The van der Waals surface area contributed by atoms with Gasteiger partial charge in [-0.25, -0.2) is 9.50 Å². The van der Waals surface area contributed by atoms with Crippen molar-refractivity contribution in [3.05, 3.63) is 71.7 Å². The summed E-state index contributed by atoms with van der Waals surface area (Å²) >= 11 is 0. The van der Waals surface area contributed by atoms with Crippen molar-refractivity contribution in [2.75, 3.05) is 51.3 Å². The van der Waals surface area contributed by atoms with E-state index in [9.17, 15) is 9.59 Å². The predicted molar refractivity (Wildman–Crippen MR) is 138 cm³/mol. The molecule has 10 heteroatoms. The Balaban J connectivity index is 1.32. The standard InChI is InChI=1S/C27H32N6O4/c1-20(34)37-18-24(21-6-3-2-4-7-21)30-27-26-23-9-11-32(16-22(23)17-33(26)29-19-28-27)25(35)8-5-10-31-12-14-36-15-13-31/h2-8,17,19,24H,9-16,18H2,1H3,(H,28,29,30)/b8-5+/t24-/m1/s1. The van der Waals surface area contributed by atoms with Gasteiger partial charge in [-0.3, -0.25) is 14.5 Å². The molecule has 194 valence electrons. The monoisotopic (exact) mass is 504 g/mol. The van der Waals surface area contributed by atoms with E-state index in [1.165, 1.54) is 13.3 Å². The summed E-state index contributed by atoms with van der Waals surface area (Å²) in [6.07, 6.45) is 7.81. The Morgan fingerprint density at radius 1 is 1.19 bits per heavy atom. The van der Waals surface area contributed by atoms with Crippen LogP contribution in [0.2, 0.25) is 0 Å². The fourth-order valence-electron chi connectivity index (χ4n) is 4.83. The molecule has 4 heterocycles. The number of aromatic nitrogens is 3. The first-order chi connectivity index (χ1) is 18.1. The molecule has 0 aliphatic carbocycles. The number of hydrogen-bond donors (Lipinski definition) is 1. The van der Waals surface area contributed by atoms with Gasteiger partial charge in [0.1, 0.15) is 18.5 Å². The molecule has 10 nitrogen and oxygen atoms in total. The number of nitrogens with zero attached hydrogens (tertiary/aromatic N) is 5. The Labute approximate surface area is 215 Å². The normalized spacial score (nSPS) is 17.1. The van der Waals surface area contributed by atoms with Gasteiger partial charge in [-0.15, -0.1) is 0 Å². The van der Waals surface area contributed by atoms with Crippen molar-refractivity contribution in [3.63, 3.8) is 0 Å². The van der Waals surface area contributed by atoms with Crippen LogP contribution in [0.25, 0.3) is 5.52 Å². The molecule has 2 aromatic heterocycles. The first-order valence-corrected chi connectivity index (χ1v) is 12.6. The Bertz CT molecular complexity index is 1270. The molecule has 1 atom stereocenters. The molecule has 0 saturated carbocycles. The molecule has 0 radical (unpaired) electrons. The maximum atomic E-state index is 12.9. The van der Waals surface area contributed by atoms with Crippen LogP contribution < -0.4 is 5.32 Å². The smallest absolute Gasteiger partial charge is 0.302 e. The molecule has 1 fully saturated rings. The zero-order valence-corrected chi connectivity index (χ0v) is 21.0. The lowest BCUT2D eigenvalue weighted by Crippen LogP contribution is -2.37. The van der Waals surface area contributed by atoms with E-state index in [0.29, 0.717) is 25.3 Å². The van der Waals surface area contributed by atoms with Crippen molar-refractivity contribution in [1.82, 2.24) is 24.4 Å². The van der Waals surface area contributed by atoms with Crippen LogP contribution in [0.1, 0.15) is 29.7 Å². The number of morpholine rings is 1. The molecule has 1 amide bonds. The lowest BCUT2D eigenvalue weighted by atomic mass is 10.0. The minimum Gasteiger partial charge on any atom is -0.463 e. The maximum absolute atomic E-state index is 12.9. The van der Waals surface area contributed by atoms with Crippen molar-refractivity contribution in [2.24, 2.45) is 0 Å². The third kappa shape index (κ3) is 5.98. The molecule has 1 saturated heterocycles. The van der Waals surface area contributed by atoms with Crippen LogP contribution in [-0.4, -0.2) is 82.3 Å². The number of rotatable bonds is 8. The zero-order valence-electron chi connectivity index (χ0n) is 21.0. The van der Waals surface area contributed by atoms with Crippen LogP contribution in [0.4, 0.5) is 5.82 Å². The van der Waals surface area contributed by atoms with E-state index >= 15 is 0 Å². The molecule has 3 aromatic rings. The van der Waals surface area contributed by atoms with Gasteiger partial charge in [0.2, 0.25) is 5.91 Å². The molecule has 0 bridgehead atoms. The van der Waals surface area contributed by atoms with E-state index in [1.54, 1.807) is 6.08 Å². The Kier molecular flexibility index (Phi) is 7.76. The second-order valence-corrected chi connectivity index (χ2v) is 9.27. The SMILES string of the molecule is CC(=O)OC[C@@H](Nc1ncnn2cc3c(c12)CCN(C(=O)/C=C/CN1CCOCC1)C3)c1ccccc1. The number of anilines is 1. The summed E-state index contributed by atoms with van der Waals surface area (Å²) in [5.74, 6) is 0.353. The summed E-state index contributed by atoms with van der Waals surface area (Å²) < 4.78 is 12.5. The number of ether oxygens (including phenoxy) is 2. The lowest BCUT2D eigenvalue weighted by Gasteiger charge is -2.27. The summed E-state index contributed by atoms with van der Waals surface area (Å²) in [7, 11) is 0. The quantitative estimate of drug-likeness (QED) is 0.368. The van der Waals surface area contributed by atoms with Crippen LogP contribution >= 0.6 is 0 Å². The number of nitrogens with one attached hydrogen (secondary N) is 1. The lowest BCUT2D eigenvalue weighted by molar-refractivity contribution is -0.141. The summed E-state index contributed by atoms with van der Waals surface area (Å²) in [4.78, 5) is 33.0. The fourth-order valence-corrected chi connectivity index (χ4v) is 4.83. The fraction of sp³-hybridized carbons (Fsp3) is 0.407. The molecule has 0 unspecified atom stereocenters. The Hall–Kier alpha value is -3.76. The third-order valence-electron chi connectivity index (χ3n) is 6.77. The van der Waals surface area contributed by atoms with E-state index in [1.807, 2.05) is 52.0 Å². The highest BCUT2D eigenvalue weighted by Gasteiger charge is 2.26. The third-order valence-corrected chi connectivity index (χ3v) is 6.77. The largest absolute Gasteiger partial charge is 0.463 e.